The molecule has 20 heavy (non-hydrogen) atoms. The maximum atomic E-state index is 12.9. The number of carbonyl (C=O) groups is 2. The molecule has 1 heterocycles. The lowest BCUT2D eigenvalue weighted by atomic mass is 9.72. The van der Waals surface area contributed by atoms with Gasteiger partial charge in [-0.3, -0.25) is 4.79 Å². The first-order valence-corrected chi connectivity index (χ1v) is 7.31. The van der Waals surface area contributed by atoms with Crippen molar-refractivity contribution in [2.24, 2.45) is 5.41 Å². The van der Waals surface area contributed by atoms with Gasteiger partial charge in [0.2, 0.25) is 5.91 Å². The van der Waals surface area contributed by atoms with Crippen LogP contribution < -0.4 is 10.2 Å². The number of amides is 3. The number of rotatable bonds is 1. The minimum absolute atomic E-state index is 0.0233. The van der Waals surface area contributed by atoms with Crippen LogP contribution in [0.2, 0.25) is 0 Å². The smallest absolute Gasteiger partial charge is 0.328 e. The summed E-state index contributed by atoms with van der Waals surface area (Å²) in [6, 6.07) is 7.24. The SMILES string of the molecule is Cc1ccc(N2C(=O)NCC3(CCCCC3)C2=O)cc1. The molecule has 1 aromatic carbocycles. The van der Waals surface area contributed by atoms with E-state index in [2.05, 4.69) is 5.32 Å². The Balaban J connectivity index is 1.93. The second-order valence-electron chi connectivity index (χ2n) is 5.98. The summed E-state index contributed by atoms with van der Waals surface area (Å²) in [5, 5.41) is 2.90. The van der Waals surface area contributed by atoms with Crippen LogP contribution in [0.25, 0.3) is 0 Å². The minimum atomic E-state index is -0.378. The van der Waals surface area contributed by atoms with Crippen molar-refractivity contribution in [2.45, 2.75) is 39.0 Å². The Morgan fingerprint density at radius 3 is 2.35 bits per heavy atom. The Morgan fingerprint density at radius 2 is 1.70 bits per heavy atom. The number of carbonyl (C=O) groups excluding carboxylic acids is 2. The van der Waals surface area contributed by atoms with Crippen molar-refractivity contribution in [3.05, 3.63) is 29.8 Å². The zero-order chi connectivity index (χ0) is 14.2. The lowest BCUT2D eigenvalue weighted by Crippen LogP contribution is -2.61. The standard InChI is InChI=1S/C16H20N2O2/c1-12-5-7-13(8-6-12)18-14(19)16(11-17-15(18)20)9-3-2-4-10-16/h5-8H,2-4,9-11H2,1H3,(H,17,20). The molecule has 4 nitrogen and oxygen atoms in total. The maximum absolute atomic E-state index is 12.9. The summed E-state index contributed by atoms with van der Waals surface area (Å²) in [6.45, 7) is 2.48. The normalized spacial score (nSPS) is 21.9. The van der Waals surface area contributed by atoms with E-state index in [0.29, 0.717) is 12.2 Å². The number of urea groups is 1. The first kappa shape index (κ1) is 13.2. The van der Waals surface area contributed by atoms with E-state index in [1.807, 2.05) is 31.2 Å². The molecule has 0 aromatic heterocycles. The van der Waals surface area contributed by atoms with Crippen molar-refractivity contribution in [3.8, 4) is 0 Å². The third-order valence-electron chi connectivity index (χ3n) is 4.54. The molecular weight excluding hydrogens is 252 g/mol. The van der Waals surface area contributed by atoms with E-state index in [-0.39, 0.29) is 17.4 Å². The Kier molecular flexibility index (Phi) is 3.24. The average molecular weight is 272 g/mol. The predicted molar refractivity (Wildman–Crippen MR) is 77.6 cm³/mol. The highest BCUT2D eigenvalue weighted by Crippen LogP contribution is 2.40. The number of imide groups is 1. The van der Waals surface area contributed by atoms with Gasteiger partial charge in [0.1, 0.15) is 0 Å². The molecule has 1 aliphatic carbocycles. The Bertz CT molecular complexity index is 530. The molecule has 3 amide bonds. The summed E-state index contributed by atoms with van der Waals surface area (Å²) in [6.07, 6.45) is 5.10. The molecule has 0 bridgehead atoms. The van der Waals surface area contributed by atoms with Crippen molar-refractivity contribution in [3.63, 3.8) is 0 Å². The molecule has 0 unspecified atom stereocenters. The fraction of sp³-hybridized carbons (Fsp3) is 0.500. The second kappa shape index (κ2) is 4.93. The summed E-state index contributed by atoms with van der Waals surface area (Å²) in [7, 11) is 0. The van der Waals surface area contributed by atoms with Gasteiger partial charge in [-0.1, -0.05) is 37.0 Å². The molecule has 2 fully saturated rings. The van der Waals surface area contributed by atoms with Gasteiger partial charge < -0.3 is 5.32 Å². The number of aryl methyl sites for hydroxylation is 1. The summed E-state index contributed by atoms with van der Waals surface area (Å²) in [5.74, 6) is -0.0233. The highest BCUT2D eigenvalue weighted by Gasteiger charge is 2.47. The minimum Gasteiger partial charge on any atom is -0.336 e. The number of hydrogen-bond donors (Lipinski definition) is 1. The van der Waals surface area contributed by atoms with E-state index >= 15 is 0 Å². The molecule has 2 aliphatic rings. The molecule has 3 rings (SSSR count). The van der Waals surface area contributed by atoms with Gasteiger partial charge in [0, 0.05) is 6.54 Å². The number of nitrogens with one attached hydrogen (secondary N) is 1. The highest BCUT2D eigenvalue weighted by molar-refractivity contribution is 6.18. The molecule has 0 radical (unpaired) electrons. The first-order valence-electron chi connectivity index (χ1n) is 7.31. The molecule has 1 saturated carbocycles. The van der Waals surface area contributed by atoms with Crippen molar-refractivity contribution in [1.82, 2.24) is 5.32 Å². The van der Waals surface area contributed by atoms with Gasteiger partial charge in [-0.2, -0.15) is 0 Å². The van der Waals surface area contributed by atoms with Gasteiger partial charge in [-0.15, -0.1) is 0 Å². The van der Waals surface area contributed by atoms with E-state index < -0.39 is 0 Å². The maximum Gasteiger partial charge on any atom is 0.328 e. The summed E-state index contributed by atoms with van der Waals surface area (Å²) >= 11 is 0. The fourth-order valence-corrected chi connectivity index (χ4v) is 3.28. The van der Waals surface area contributed by atoms with Crippen molar-refractivity contribution >= 4 is 17.6 Å². The molecule has 1 spiro atoms. The number of benzene rings is 1. The molecule has 1 saturated heterocycles. The van der Waals surface area contributed by atoms with Crippen LogP contribution in [0.3, 0.4) is 0 Å². The van der Waals surface area contributed by atoms with Crippen LogP contribution in [0, 0.1) is 12.3 Å². The van der Waals surface area contributed by atoms with Gasteiger partial charge in [-0.05, 0) is 31.9 Å². The van der Waals surface area contributed by atoms with Crippen LogP contribution in [-0.4, -0.2) is 18.5 Å². The molecule has 4 heteroatoms. The Labute approximate surface area is 119 Å². The summed E-state index contributed by atoms with van der Waals surface area (Å²) < 4.78 is 0. The molecule has 0 atom stereocenters. The van der Waals surface area contributed by atoms with E-state index in [1.54, 1.807) is 0 Å². The van der Waals surface area contributed by atoms with Gasteiger partial charge in [0.25, 0.3) is 0 Å². The van der Waals surface area contributed by atoms with Gasteiger partial charge in [0.05, 0.1) is 11.1 Å². The van der Waals surface area contributed by atoms with Crippen LogP contribution in [0.4, 0.5) is 10.5 Å². The molecule has 1 aliphatic heterocycles. The van der Waals surface area contributed by atoms with Gasteiger partial charge in [-0.25, -0.2) is 9.69 Å². The second-order valence-corrected chi connectivity index (χ2v) is 5.98. The van der Waals surface area contributed by atoms with E-state index in [1.165, 1.54) is 11.3 Å². The third-order valence-corrected chi connectivity index (χ3v) is 4.54. The van der Waals surface area contributed by atoms with Crippen LogP contribution in [-0.2, 0) is 4.79 Å². The zero-order valence-corrected chi connectivity index (χ0v) is 11.8. The molecule has 1 N–H and O–H groups in total. The molecule has 106 valence electrons. The lowest BCUT2D eigenvalue weighted by Gasteiger charge is -2.43. The largest absolute Gasteiger partial charge is 0.336 e. The van der Waals surface area contributed by atoms with Crippen molar-refractivity contribution in [1.29, 1.82) is 0 Å². The van der Waals surface area contributed by atoms with E-state index in [9.17, 15) is 9.59 Å². The number of hydrogen-bond acceptors (Lipinski definition) is 2. The fourth-order valence-electron chi connectivity index (χ4n) is 3.28. The first-order chi connectivity index (χ1) is 9.62. The number of anilines is 1. The van der Waals surface area contributed by atoms with Crippen LogP contribution in [0.15, 0.2) is 24.3 Å². The monoisotopic (exact) mass is 272 g/mol. The van der Waals surface area contributed by atoms with Crippen LogP contribution in [0.5, 0.6) is 0 Å². The van der Waals surface area contributed by atoms with Gasteiger partial charge in [0.15, 0.2) is 0 Å². The quantitative estimate of drug-likeness (QED) is 0.854. The van der Waals surface area contributed by atoms with E-state index in [0.717, 1.165) is 31.2 Å². The third kappa shape index (κ3) is 2.09. The van der Waals surface area contributed by atoms with Crippen molar-refractivity contribution in [2.75, 3.05) is 11.4 Å². The van der Waals surface area contributed by atoms with Crippen molar-refractivity contribution < 1.29 is 9.59 Å². The van der Waals surface area contributed by atoms with E-state index in [4.69, 9.17) is 0 Å². The molecular formula is C16H20N2O2. The summed E-state index contributed by atoms with van der Waals surface area (Å²) in [4.78, 5) is 26.3. The number of nitrogens with zero attached hydrogens (tertiary/aromatic N) is 1. The average Bonchev–Trinajstić information content (AvgIpc) is 2.47. The Morgan fingerprint density at radius 1 is 1.05 bits per heavy atom. The van der Waals surface area contributed by atoms with Crippen LogP contribution >= 0.6 is 0 Å². The van der Waals surface area contributed by atoms with Crippen LogP contribution in [0.1, 0.15) is 37.7 Å². The van der Waals surface area contributed by atoms with Gasteiger partial charge >= 0.3 is 6.03 Å². The summed E-state index contributed by atoms with van der Waals surface area (Å²) in [5.41, 5.74) is 1.41. The zero-order valence-electron chi connectivity index (χ0n) is 11.8. The Hall–Kier alpha value is -1.84. The predicted octanol–water partition coefficient (Wildman–Crippen LogP) is 3.00. The lowest BCUT2D eigenvalue weighted by molar-refractivity contribution is -0.130. The molecule has 1 aromatic rings. The topological polar surface area (TPSA) is 49.4 Å². The highest BCUT2D eigenvalue weighted by atomic mass is 16.2.